The molecule has 0 aliphatic carbocycles. The van der Waals surface area contributed by atoms with Crippen LogP contribution in [0.3, 0.4) is 0 Å². The minimum Gasteiger partial charge on any atom is -0.601 e. The number of hydrogen-bond donors (Lipinski definition) is 1. The van der Waals surface area contributed by atoms with Gasteiger partial charge in [0.25, 0.3) is 0 Å². The smallest absolute Gasteiger partial charge is 0.409 e. The molecule has 33 heavy (non-hydrogen) atoms. The molecule has 1 aliphatic heterocycles. The van der Waals surface area contributed by atoms with E-state index >= 15 is 0 Å². The fraction of sp³-hybridized carbons (Fsp3) is 0.0370. The SMILES string of the molecule is [O-][P+]1(NCc2ccc(Cl)cc2)Oc2ccc3ccccc3c2-c2c(ccc3ccccc23)O1. The molecule has 4 nitrogen and oxygen atoms in total. The van der Waals surface area contributed by atoms with Gasteiger partial charge in [0, 0.05) is 16.1 Å². The van der Waals surface area contributed by atoms with E-state index in [1.807, 2.05) is 60.7 Å². The molecule has 0 spiro atoms. The Kier molecular flexibility index (Phi) is 4.97. The molecule has 0 saturated heterocycles. The Labute approximate surface area is 197 Å². The van der Waals surface area contributed by atoms with Crippen LogP contribution in [-0.2, 0) is 6.54 Å². The van der Waals surface area contributed by atoms with Crippen LogP contribution in [0.15, 0.2) is 97.1 Å². The average Bonchev–Trinajstić information content (AvgIpc) is 2.97. The lowest BCUT2D eigenvalue weighted by Crippen LogP contribution is -2.33. The van der Waals surface area contributed by atoms with Gasteiger partial charge in [-0.25, -0.2) is 0 Å². The average molecular weight is 472 g/mol. The molecule has 1 N–H and O–H groups in total. The van der Waals surface area contributed by atoms with E-state index in [2.05, 4.69) is 29.4 Å². The van der Waals surface area contributed by atoms with E-state index in [9.17, 15) is 4.89 Å². The van der Waals surface area contributed by atoms with Crippen LogP contribution in [0, 0.1) is 0 Å². The van der Waals surface area contributed by atoms with Crippen molar-refractivity contribution in [3.05, 3.63) is 108 Å². The van der Waals surface area contributed by atoms with Crippen LogP contribution in [0.1, 0.15) is 5.56 Å². The second-order valence-electron chi connectivity index (χ2n) is 7.96. The zero-order valence-corrected chi connectivity index (χ0v) is 19.1. The van der Waals surface area contributed by atoms with Gasteiger partial charge >= 0.3 is 8.09 Å². The maximum Gasteiger partial charge on any atom is 0.409 e. The second kappa shape index (κ2) is 8.02. The molecule has 0 saturated carbocycles. The third-order valence-electron chi connectivity index (χ3n) is 5.86. The third-order valence-corrected chi connectivity index (χ3v) is 7.53. The first kappa shape index (κ1) is 20.5. The predicted molar refractivity (Wildman–Crippen MR) is 133 cm³/mol. The second-order valence-corrected chi connectivity index (χ2v) is 10.1. The molecular weight excluding hydrogens is 453 g/mol. The Morgan fingerprint density at radius 3 is 1.73 bits per heavy atom. The fourth-order valence-corrected chi connectivity index (χ4v) is 5.79. The summed E-state index contributed by atoms with van der Waals surface area (Å²) < 4.78 is 12.3. The summed E-state index contributed by atoms with van der Waals surface area (Å²) in [6.45, 7) is 0.306. The van der Waals surface area contributed by atoms with E-state index in [0.29, 0.717) is 23.1 Å². The van der Waals surface area contributed by atoms with Gasteiger partial charge in [-0.3, -0.25) is 9.05 Å². The molecule has 0 radical (unpaired) electrons. The topological polar surface area (TPSA) is 53.5 Å². The summed E-state index contributed by atoms with van der Waals surface area (Å²) in [4.78, 5) is 13.9. The Bertz CT molecular complexity index is 1420. The monoisotopic (exact) mass is 471 g/mol. The van der Waals surface area contributed by atoms with Crippen LogP contribution in [0.25, 0.3) is 32.7 Å². The van der Waals surface area contributed by atoms with Gasteiger partial charge in [-0.1, -0.05) is 84.4 Å². The summed E-state index contributed by atoms with van der Waals surface area (Å²) >= 11 is 5.99. The summed E-state index contributed by atoms with van der Waals surface area (Å²) in [5.41, 5.74) is 2.68. The zero-order valence-electron chi connectivity index (χ0n) is 17.5. The normalized spacial score (nSPS) is 14.1. The lowest BCUT2D eigenvalue weighted by atomic mass is 9.92. The van der Waals surface area contributed by atoms with Gasteiger partial charge < -0.3 is 4.89 Å². The van der Waals surface area contributed by atoms with Gasteiger partial charge in [-0.2, -0.15) is 0 Å². The minimum absolute atomic E-state index is 0.306. The largest absolute Gasteiger partial charge is 0.601 e. The van der Waals surface area contributed by atoms with E-state index in [1.54, 1.807) is 12.1 Å². The number of hydrogen-bond acceptors (Lipinski definition) is 4. The zero-order chi connectivity index (χ0) is 22.4. The molecule has 0 unspecified atom stereocenters. The summed E-state index contributed by atoms with van der Waals surface area (Å²) in [5, 5.41) is 7.85. The van der Waals surface area contributed by atoms with Crippen LogP contribution < -0.4 is 19.0 Å². The fourth-order valence-electron chi connectivity index (χ4n) is 4.30. The Hall–Kier alpha value is -3.14. The highest BCUT2D eigenvalue weighted by Crippen LogP contribution is 2.58. The predicted octanol–water partition coefficient (Wildman–Crippen LogP) is 6.91. The standard InChI is InChI=1S/C27H19ClNO3P/c28-21-13-9-18(10-14-21)17-29-33(30)31-24-15-11-19-5-1-3-7-22(19)26(24)27-23-8-4-2-6-20(23)12-16-25(27)32-33/h1-16H,17H2,(H,29,30). The van der Waals surface area contributed by atoms with Crippen molar-refractivity contribution in [2.45, 2.75) is 6.54 Å². The molecule has 0 amide bonds. The molecule has 5 aromatic carbocycles. The Balaban J connectivity index is 1.53. The molecule has 162 valence electrons. The van der Waals surface area contributed by atoms with Gasteiger partial charge in [0.05, 0.1) is 6.54 Å². The van der Waals surface area contributed by atoms with Crippen molar-refractivity contribution in [1.29, 1.82) is 0 Å². The van der Waals surface area contributed by atoms with E-state index in [4.69, 9.17) is 20.6 Å². The van der Waals surface area contributed by atoms with Crippen molar-refractivity contribution < 1.29 is 13.9 Å². The first-order chi connectivity index (χ1) is 16.1. The molecule has 5 aromatic rings. The van der Waals surface area contributed by atoms with E-state index in [-0.39, 0.29) is 0 Å². The molecule has 1 heterocycles. The van der Waals surface area contributed by atoms with E-state index in [1.165, 1.54) is 0 Å². The van der Waals surface area contributed by atoms with Crippen molar-refractivity contribution in [1.82, 2.24) is 5.09 Å². The number of rotatable bonds is 3. The first-order valence-electron chi connectivity index (χ1n) is 10.6. The van der Waals surface area contributed by atoms with Crippen LogP contribution in [0.2, 0.25) is 5.02 Å². The summed E-state index contributed by atoms with van der Waals surface area (Å²) in [6.07, 6.45) is 0. The summed E-state index contributed by atoms with van der Waals surface area (Å²) in [5.74, 6) is 1.05. The first-order valence-corrected chi connectivity index (χ1v) is 12.5. The number of fused-ring (bicyclic) bond motifs is 7. The van der Waals surface area contributed by atoms with Crippen molar-refractivity contribution in [3.8, 4) is 22.6 Å². The lowest BCUT2D eigenvalue weighted by Gasteiger charge is -2.26. The Morgan fingerprint density at radius 2 is 1.18 bits per heavy atom. The van der Waals surface area contributed by atoms with Crippen molar-refractivity contribution >= 4 is 41.2 Å². The van der Waals surface area contributed by atoms with Gasteiger partial charge in [0.15, 0.2) is 11.5 Å². The highest BCUT2D eigenvalue weighted by Gasteiger charge is 2.40. The molecule has 0 bridgehead atoms. The molecule has 1 aliphatic rings. The maximum absolute atomic E-state index is 13.9. The molecular formula is C27H19ClNO3P. The van der Waals surface area contributed by atoms with Crippen LogP contribution in [0.4, 0.5) is 0 Å². The highest BCUT2D eigenvalue weighted by molar-refractivity contribution is 7.57. The molecule has 6 heteroatoms. The van der Waals surface area contributed by atoms with Crippen LogP contribution >= 0.6 is 19.7 Å². The lowest BCUT2D eigenvalue weighted by molar-refractivity contribution is -0.206. The minimum atomic E-state index is -3.74. The molecule has 0 fully saturated rings. The summed E-state index contributed by atoms with van der Waals surface area (Å²) in [7, 11) is -3.74. The number of benzene rings is 5. The maximum atomic E-state index is 13.9. The van der Waals surface area contributed by atoms with Crippen LogP contribution in [0.5, 0.6) is 11.5 Å². The van der Waals surface area contributed by atoms with E-state index in [0.717, 1.165) is 38.2 Å². The molecule has 0 aromatic heterocycles. The molecule has 0 atom stereocenters. The molecule has 6 rings (SSSR count). The Morgan fingerprint density at radius 1 is 0.667 bits per heavy atom. The van der Waals surface area contributed by atoms with Gasteiger partial charge in [-0.05, 0) is 51.4 Å². The quantitative estimate of drug-likeness (QED) is 0.290. The third kappa shape index (κ3) is 3.72. The van der Waals surface area contributed by atoms with Gasteiger partial charge in [0.2, 0.25) is 0 Å². The number of halogens is 1. The highest BCUT2D eigenvalue weighted by atomic mass is 35.5. The van der Waals surface area contributed by atoms with Gasteiger partial charge in [-0.15, -0.1) is 5.09 Å². The van der Waals surface area contributed by atoms with Crippen LogP contribution in [-0.4, -0.2) is 0 Å². The number of nitrogens with one attached hydrogen (secondary N) is 1. The van der Waals surface area contributed by atoms with Crippen molar-refractivity contribution in [2.75, 3.05) is 0 Å². The van der Waals surface area contributed by atoms with E-state index < -0.39 is 8.09 Å². The van der Waals surface area contributed by atoms with Gasteiger partial charge in [0.1, 0.15) is 0 Å². The van der Waals surface area contributed by atoms with Crippen molar-refractivity contribution in [3.63, 3.8) is 0 Å². The summed E-state index contributed by atoms with van der Waals surface area (Å²) in [6, 6.07) is 31.3. The van der Waals surface area contributed by atoms with Crippen molar-refractivity contribution in [2.24, 2.45) is 0 Å².